The van der Waals surface area contributed by atoms with Crippen LogP contribution in [-0.4, -0.2) is 24.1 Å². The average Bonchev–Trinajstić information content (AvgIpc) is 2.80. The van der Waals surface area contributed by atoms with E-state index in [1.807, 2.05) is 0 Å². The third kappa shape index (κ3) is 4.70. The van der Waals surface area contributed by atoms with Crippen LogP contribution in [0.5, 0.6) is 0 Å². The highest BCUT2D eigenvalue weighted by atomic mass is 32.2. The quantitative estimate of drug-likeness (QED) is 0.404. The average molecular weight is 465 g/mol. The van der Waals surface area contributed by atoms with Crippen LogP contribution in [0.3, 0.4) is 0 Å². The van der Waals surface area contributed by atoms with Gasteiger partial charge in [0.15, 0.2) is 0 Å². The first-order valence-corrected chi connectivity index (χ1v) is 11.4. The smallest absolute Gasteiger partial charge is 0.273 e. The van der Waals surface area contributed by atoms with Crippen LogP contribution in [0.2, 0.25) is 0 Å². The van der Waals surface area contributed by atoms with E-state index in [0.717, 1.165) is 4.68 Å². The van der Waals surface area contributed by atoms with E-state index in [0.29, 0.717) is 16.9 Å². The number of nitrogens with zero attached hydrogens (tertiary/aromatic N) is 1. The molecule has 0 aliphatic heterocycles. The first-order valence-electron chi connectivity index (χ1n) is 9.95. The fraction of sp³-hybridized carbons (Fsp3) is 0.0870. The van der Waals surface area contributed by atoms with Gasteiger partial charge in [0.2, 0.25) is 5.91 Å². The summed E-state index contributed by atoms with van der Waals surface area (Å²) in [6.45, 7) is 1.31. The highest BCUT2D eigenvalue weighted by molar-refractivity contribution is 7.92. The van der Waals surface area contributed by atoms with Crippen LogP contribution in [0.25, 0.3) is 10.8 Å². The minimum Gasteiger partial charge on any atom is -0.324 e. The number of rotatable bonds is 6. The van der Waals surface area contributed by atoms with Gasteiger partial charge in [-0.25, -0.2) is 13.1 Å². The van der Waals surface area contributed by atoms with Crippen molar-refractivity contribution in [2.45, 2.75) is 18.4 Å². The summed E-state index contributed by atoms with van der Waals surface area (Å²) in [7, 11) is -3.81. The molecule has 10 heteroatoms. The lowest BCUT2D eigenvalue weighted by atomic mass is 10.2. The van der Waals surface area contributed by atoms with Crippen molar-refractivity contribution in [2.75, 3.05) is 10.0 Å². The maximum Gasteiger partial charge on any atom is 0.273 e. The molecule has 0 bridgehead atoms. The summed E-state index contributed by atoms with van der Waals surface area (Å²) in [6, 6.07) is 19.0. The zero-order valence-electron chi connectivity index (χ0n) is 17.5. The maximum absolute atomic E-state index is 12.6. The molecular weight excluding hydrogens is 444 g/mol. The monoisotopic (exact) mass is 464 g/mol. The predicted molar refractivity (Wildman–Crippen MR) is 126 cm³/mol. The van der Waals surface area contributed by atoms with Gasteiger partial charge in [0.1, 0.15) is 6.54 Å². The second kappa shape index (κ2) is 8.75. The molecule has 1 aromatic heterocycles. The van der Waals surface area contributed by atoms with Crippen molar-refractivity contribution in [3.63, 3.8) is 0 Å². The summed E-state index contributed by atoms with van der Waals surface area (Å²) >= 11 is 0. The molecule has 168 valence electrons. The molecule has 3 N–H and O–H groups in total. The Hall–Kier alpha value is -4.18. The van der Waals surface area contributed by atoms with E-state index in [1.165, 1.54) is 30.3 Å². The Balaban J connectivity index is 1.55. The number of aromatic amines is 1. The molecule has 0 aliphatic carbocycles. The molecular formula is C23H20N4O5S. The second-order valence-corrected chi connectivity index (χ2v) is 9.06. The number of carbonyl (C=O) groups excluding carboxylic acids is 1. The minimum atomic E-state index is -3.81. The highest BCUT2D eigenvalue weighted by Gasteiger charge is 2.16. The molecule has 4 aromatic rings. The lowest BCUT2D eigenvalue weighted by molar-refractivity contribution is -0.117. The summed E-state index contributed by atoms with van der Waals surface area (Å²) in [5.41, 5.74) is 0.301. The molecule has 33 heavy (non-hydrogen) atoms. The third-order valence-corrected chi connectivity index (χ3v) is 6.39. The lowest BCUT2D eigenvalue weighted by Gasteiger charge is -2.13. The molecule has 0 saturated heterocycles. The molecule has 0 unspecified atom stereocenters. The van der Waals surface area contributed by atoms with Crippen LogP contribution >= 0.6 is 0 Å². The third-order valence-electron chi connectivity index (χ3n) is 5.00. The number of sulfonamides is 1. The molecule has 4 rings (SSSR count). The topological polar surface area (TPSA) is 130 Å². The molecule has 1 amide bonds. The van der Waals surface area contributed by atoms with E-state index in [-0.39, 0.29) is 15.7 Å². The van der Waals surface area contributed by atoms with Gasteiger partial charge in [-0.2, -0.15) is 0 Å². The number of nitrogens with one attached hydrogen (secondary N) is 3. The molecule has 0 saturated carbocycles. The van der Waals surface area contributed by atoms with E-state index >= 15 is 0 Å². The number of fused-ring (bicyclic) bond motifs is 1. The summed E-state index contributed by atoms with van der Waals surface area (Å²) in [5, 5.41) is 5.48. The maximum atomic E-state index is 12.6. The van der Waals surface area contributed by atoms with E-state index < -0.39 is 33.6 Å². The molecule has 0 fully saturated rings. The van der Waals surface area contributed by atoms with Crippen LogP contribution in [0.4, 0.5) is 11.4 Å². The van der Waals surface area contributed by atoms with E-state index in [1.54, 1.807) is 49.4 Å². The van der Waals surface area contributed by atoms with Crippen molar-refractivity contribution in [2.24, 2.45) is 0 Å². The van der Waals surface area contributed by atoms with Crippen molar-refractivity contribution in [3.05, 3.63) is 99.1 Å². The number of benzene rings is 3. The largest absolute Gasteiger partial charge is 0.324 e. The zero-order chi connectivity index (χ0) is 23.6. The summed E-state index contributed by atoms with van der Waals surface area (Å²) < 4.78 is 28.7. The van der Waals surface area contributed by atoms with Crippen LogP contribution in [0, 0.1) is 6.92 Å². The second-order valence-electron chi connectivity index (χ2n) is 7.37. The first kappa shape index (κ1) is 22.0. The van der Waals surface area contributed by atoms with E-state index in [4.69, 9.17) is 0 Å². The number of H-pyrrole nitrogens is 1. The van der Waals surface area contributed by atoms with Gasteiger partial charge in [-0.1, -0.05) is 36.4 Å². The Kier molecular flexibility index (Phi) is 5.84. The van der Waals surface area contributed by atoms with Gasteiger partial charge in [-0.3, -0.25) is 24.2 Å². The van der Waals surface area contributed by atoms with Crippen molar-refractivity contribution in [3.8, 4) is 0 Å². The van der Waals surface area contributed by atoms with Crippen LogP contribution in [-0.2, 0) is 21.4 Å². The van der Waals surface area contributed by atoms with E-state index in [9.17, 15) is 22.8 Å². The Bertz CT molecular complexity index is 1570. The lowest BCUT2D eigenvalue weighted by Crippen LogP contribution is -2.34. The number of aryl methyl sites for hydroxylation is 1. The van der Waals surface area contributed by atoms with Crippen LogP contribution in [0.15, 0.2) is 87.3 Å². The fourth-order valence-electron chi connectivity index (χ4n) is 3.32. The molecule has 0 radical (unpaired) electrons. The first-order chi connectivity index (χ1) is 15.7. The zero-order valence-corrected chi connectivity index (χ0v) is 18.3. The number of amides is 1. The SMILES string of the molecule is Cc1ccc(NC(=O)Cn2[nH]c(=O)c3ccccc3c2=O)cc1NS(=O)(=O)c1ccccc1. The van der Waals surface area contributed by atoms with E-state index in [2.05, 4.69) is 15.1 Å². The van der Waals surface area contributed by atoms with Crippen molar-refractivity contribution < 1.29 is 13.2 Å². The summed E-state index contributed by atoms with van der Waals surface area (Å²) in [6.07, 6.45) is 0. The van der Waals surface area contributed by atoms with Gasteiger partial charge < -0.3 is 5.32 Å². The molecule has 0 spiro atoms. The van der Waals surface area contributed by atoms with Crippen LogP contribution < -0.4 is 21.2 Å². The Morgan fingerprint density at radius 3 is 2.33 bits per heavy atom. The summed E-state index contributed by atoms with van der Waals surface area (Å²) in [5.74, 6) is -0.566. The number of hydrogen-bond acceptors (Lipinski definition) is 5. The van der Waals surface area contributed by atoms with Gasteiger partial charge in [0.25, 0.3) is 21.1 Å². The van der Waals surface area contributed by atoms with Gasteiger partial charge >= 0.3 is 0 Å². The van der Waals surface area contributed by atoms with Crippen molar-refractivity contribution >= 4 is 38.1 Å². The Morgan fingerprint density at radius 1 is 0.939 bits per heavy atom. The standard InChI is InChI=1S/C23H20N4O5S/c1-15-11-12-16(13-20(15)26-33(31,32)17-7-3-2-4-8-17)24-21(28)14-27-23(30)19-10-6-5-9-18(19)22(29)25-27/h2-13,26H,14H2,1H3,(H,24,28)(H,25,29). The van der Waals surface area contributed by atoms with Gasteiger partial charge in [0.05, 0.1) is 21.4 Å². The summed E-state index contributed by atoms with van der Waals surface area (Å²) in [4.78, 5) is 37.5. The predicted octanol–water partition coefficient (Wildman–Crippen LogP) is 2.44. The highest BCUT2D eigenvalue weighted by Crippen LogP contribution is 2.23. The number of hydrogen-bond donors (Lipinski definition) is 3. The van der Waals surface area contributed by atoms with Crippen molar-refractivity contribution in [1.82, 2.24) is 9.78 Å². The Labute approximate surface area is 188 Å². The van der Waals surface area contributed by atoms with Crippen LogP contribution in [0.1, 0.15) is 5.56 Å². The fourth-order valence-corrected chi connectivity index (χ4v) is 4.46. The molecule has 9 nitrogen and oxygen atoms in total. The van der Waals surface area contributed by atoms with Gasteiger partial charge in [-0.15, -0.1) is 0 Å². The number of carbonyl (C=O) groups is 1. The number of anilines is 2. The van der Waals surface area contributed by atoms with Gasteiger partial charge in [0, 0.05) is 5.69 Å². The molecule has 3 aromatic carbocycles. The van der Waals surface area contributed by atoms with Crippen molar-refractivity contribution in [1.29, 1.82) is 0 Å². The minimum absolute atomic E-state index is 0.110. The molecule has 0 atom stereocenters. The van der Waals surface area contributed by atoms with Gasteiger partial charge in [-0.05, 0) is 48.9 Å². The normalized spacial score (nSPS) is 11.3. The Morgan fingerprint density at radius 2 is 1.61 bits per heavy atom. The molecule has 1 heterocycles. The number of aromatic nitrogens is 2. The molecule has 0 aliphatic rings.